The maximum absolute atomic E-state index is 11.7. The highest BCUT2D eigenvalue weighted by atomic mass is 16.5. The molecular formula is C14H22N4O2. The van der Waals surface area contributed by atoms with Gasteiger partial charge in [0.15, 0.2) is 5.69 Å². The lowest BCUT2D eigenvalue weighted by Gasteiger charge is -2.22. The number of nitrogens with one attached hydrogen (secondary N) is 2. The van der Waals surface area contributed by atoms with Gasteiger partial charge in [0.2, 0.25) is 0 Å². The maximum atomic E-state index is 11.7. The van der Waals surface area contributed by atoms with Crippen LogP contribution in [0.2, 0.25) is 0 Å². The molecule has 0 unspecified atom stereocenters. The van der Waals surface area contributed by atoms with E-state index in [-0.39, 0.29) is 5.91 Å². The van der Waals surface area contributed by atoms with Crippen molar-refractivity contribution < 1.29 is 9.53 Å². The zero-order valence-electron chi connectivity index (χ0n) is 11.9. The molecule has 0 radical (unpaired) electrons. The number of carbonyl (C=O) groups excluding carboxylic acids is 1. The highest BCUT2D eigenvalue weighted by Crippen LogP contribution is 2.20. The molecule has 1 saturated carbocycles. The van der Waals surface area contributed by atoms with Gasteiger partial charge < -0.3 is 15.4 Å². The molecule has 0 bridgehead atoms. The van der Waals surface area contributed by atoms with Gasteiger partial charge in [-0.15, -0.1) is 10.2 Å². The van der Waals surface area contributed by atoms with Crippen molar-refractivity contribution in [2.75, 3.05) is 25.6 Å². The maximum Gasteiger partial charge on any atom is 0.271 e. The van der Waals surface area contributed by atoms with Crippen LogP contribution in [0.15, 0.2) is 12.1 Å². The number of hydrogen-bond donors (Lipinski definition) is 2. The van der Waals surface area contributed by atoms with Crippen molar-refractivity contribution >= 4 is 11.7 Å². The van der Waals surface area contributed by atoms with Gasteiger partial charge in [0, 0.05) is 19.7 Å². The Kier molecular flexibility index (Phi) is 5.73. The van der Waals surface area contributed by atoms with Crippen LogP contribution in [0, 0.1) is 0 Å². The molecule has 20 heavy (non-hydrogen) atoms. The van der Waals surface area contributed by atoms with Crippen LogP contribution >= 0.6 is 0 Å². The van der Waals surface area contributed by atoms with Crippen LogP contribution < -0.4 is 10.6 Å². The first-order valence-electron chi connectivity index (χ1n) is 7.17. The summed E-state index contributed by atoms with van der Waals surface area (Å²) in [6.07, 6.45) is 6.22. The van der Waals surface area contributed by atoms with Gasteiger partial charge in [0.25, 0.3) is 5.91 Å². The zero-order chi connectivity index (χ0) is 14.2. The standard InChI is InChI=1S/C14H22N4O2/c1-20-10-9-15-14(19)12-7-8-13(18-17-12)16-11-5-3-2-4-6-11/h7-8,11H,2-6,9-10H2,1H3,(H,15,19)(H,16,18). The molecule has 2 rings (SSSR count). The number of methoxy groups -OCH3 is 1. The van der Waals surface area contributed by atoms with Crippen LogP contribution in [0.4, 0.5) is 5.82 Å². The number of carbonyl (C=O) groups is 1. The Bertz CT molecular complexity index is 416. The Morgan fingerprint density at radius 2 is 2.10 bits per heavy atom. The third kappa shape index (κ3) is 4.45. The van der Waals surface area contributed by atoms with E-state index in [1.807, 2.05) is 6.07 Å². The molecule has 1 heterocycles. The highest BCUT2D eigenvalue weighted by molar-refractivity contribution is 5.92. The van der Waals surface area contributed by atoms with Gasteiger partial charge >= 0.3 is 0 Å². The number of anilines is 1. The Hall–Kier alpha value is -1.69. The van der Waals surface area contributed by atoms with E-state index < -0.39 is 0 Å². The molecule has 1 aliphatic rings. The lowest BCUT2D eigenvalue weighted by Crippen LogP contribution is -2.28. The average molecular weight is 278 g/mol. The molecule has 1 aliphatic carbocycles. The van der Waals surface area contributed by atoms with Crippen LogP contribution in [0.3, 0.4) is 0 Å². The minimum atomic E-state index is -0.223. The summed E-state index contributed by atoms with van der Waals surface area (Å²) in [6, 6.07) is 3.99. The highest BCUT2D eigenvalue weighted by Gasteiger charge is 2.14. The lowest BCUT2D eigenvalue weighted by molar-refractivity contribution is 0.0931. The van der Waals surface area contributed by atoms with E-state index >= 15 is 0 Å². The molecule has 0 spiro atoms. The molecule has 110 valence electrons. The summed E-state index contributed by atoms with van der Waals surface area (Å²) in [5.41, 5.74) is 0.329. The van der Waals surface area contributed by atoms with Gasteiger partial charge in [-0.2, -0.15) is 0 Å². The zero-order valence-corrected chi connectivity index (χ0v) is 11.9. The smallest absolute Gasteiger partial charge is 0.271 e. The summed E-state index contributed by atoms with van der Waals surface area (Å²) >= 11 is 0. The van der Waals surface area contributed by atoms with Gasteiger partial charge in [-0.3, -0.25) is 4.79 Å². The Labute approximate surface area is 119 Å². The number of rotatable bonds is 6. The first kappa shape index (κ1) is 14.7. The molecule has 0 saturated heterocycles. The minimum absolute atomic E-state index is 0.223. The van der Waals surface area contributed by atoms with Crippen molar-refractivity contribution in [3.63, 3.8) is 0 Å². The summed E-state index contributed by atoms with van der Waals surface area (Å²) in [6.45, 7) is 0.958. The third-order valence-corrected chi connectivity index (χ3v) is 3.45. The lowest BCUT2D eigenvalue weighted by atomic mass is 9.95. The normalized spacial score (nSPS) is 15.8. The van der Waals surface area contributed by atoms with Crippen molar-refractivity contribution in [2.45, 2.75) is 38.1 Å². The Morgan fingerprint density at radius 1 is 1.30 bits per heavy atom. The molecule has 6 heteroatoms. The van der Waals surface area contributed by atoms with E-state index in [1.54, 1.807) is 13.2 Å². The first-order valence-corrected chi connectivity index (χ1v) is 7.17. The van der Waals surface area contributed by atoms with Crippen LogP contribution in [0.25, 0.3) is 0 Å². The topological polar surface area (TPSA) is 76.1 Å². The summed E-state index contributed by atoms with van der Waals surface area (Å²) < 4.78 is 4.87. The SMILES string of the molecule is COCCNC(=O)c1ccc(NC2CCCCC2)nn1. The molecule has 1 fully saturated rings. The van der Waals surface area contributed by atoms with E-state index in [2.05, 4.69) is 20.8 Å². The molecule has 0 atom stereocenters. The van der Waals surface area contributed by atoms with Crippen LogP contribution in [0.1, 0.15) is 42.6 Å². The quantitative estimate of drug-likeness (QED) is 0.773. The molecule has 1 amide bonds. The molecule has 1 aromatic heterocycles. The Morgan fingerprint density at radius 3 is 2.75 bits per heavy atom. The average Bonchev–Trinajstić information content (AvgIpc) is 2.49. The summed E-state index contributed by atoms with van der Waals surface area (Å²) in [5.74, 6) is 0.518. The number of nitrogens with zero attached hydrogens (tertiary/aromatic N) is 2. The van der Waals surface area contributed by atoms with Gasteiger partial charge in [-0.1, -0.05) is 19.3 Å². The van der Waals surface area contributed by atoms with Gasteiger partial charge in [0.05, 0.1) is 6.61 Å². The van der Waals surface area contributed by atoms with E-state index in [4.69, 9.17) is 4.74 Å². The van der Waals surface area contributed by atoms with Gasteiger partial charge in [-0.05, 0) is 25.0 Å². The first-order chi connectivity index (χ1) is 9.79. The molecule has 0 aliphatic heterocycles. The number of hydrogen-bond acceptors (Lipinski definition) is 5. The minimum Gasteiger partial charge on any atom is -0.383 e. The summed E-state index contributed by atoms with van der Waals surface area (Å²) in [5, 5.41) is 14.1. The van der Waals surface area contributed by atoms with E-state index in [1.165, 1.54) is 32.1 Å². The summed E-state index contributed by atoms with van der Waals surface area (Å²) in [4.78, 5) is 11.7. The molecule has 2 N–H and O–H groups in total. The van der Waals surface area contributed by atoms with Crippen molar-refractivity contribution in [3.8, 4) is 0 Å². The van der Waals surface area contributed by atoms with Gasteiger partial charge in [0.1, 0.15) is 5.82 Å². The predicted octanol–water partition coefficient (Wildman–Crippen LogP) is 1.60. The van der Waals surface area contributed by atoms with Crippen LogP contribution in [0.5, 0.6) is 0 Å². The second-order valence-corrected chi connectivity index (χ2v) is 5.03. The van der Waals surface area contributed by atoms with E-state index in [0.717, 1.165) is 5.82 Å². The van der Waals surface area contributed by atoms with Crippen LogP contribution in [-0.2, 0) is 4.74 Å². The Balaban J connectivity index is 1.83. The predicted molar refractivity (Wildman–Crippen MR) is 76.7 cm³/mol. The molecule has 0 aromatic carbocycles. The third-order valence-electron chi connectivity index (χ3n) is 3.45. The fourth-order valence-corrected chi connectivity index (χ4v) is 2.34. The fraction of sp³-hybridized carbons (Fsp3) is 0.643. The van der Waals surface area contributed by atoms with Crippen molar-refractivity contribution in [1.82, 2.24) is 15.5 Å². The van der Waals surface area contributed by atoms with Crippen molar-refractivity contribution in [3.05, 3.63) is 17.8 Å². The summed E-state index contributed by atoms with van der Waals surface area (Å²) in [7, 11) is 1.59. The second kappa shape index (κ2) is 7.79. The molecule has 6 nitrogen and oxygen atoms in total. The number of aromatic nitrogens is 2. The van der Waals surface area contributed by atoms with Crippen molar-refractivity contribution in [1.29, 1.82) is 0 Å². The van der Waals surface area contributed by atoms with Crippen molar-refractivity contribution in [2.24, 2.45) is 0 Å². The monoisotopic (exact) mass is 278 g/mol. The molecule has 1 aromatic rings. The van der Waals surface area contributed by atoms with E-state index in [9.17, 15) is 4.79 Å². The number of ether oxygens (including phenoxy) is 1. The van der Waals surface area contributed by atoms with Gasteiger partial charge in [-0.25, -0.2) is 0 Å². The van der Waals surface area contributed by atoms with E-state index in [0.29, 0.717) is 24.9 Å². The largest absolute Gasteiger partial charge is 0.383 e. The van der Waals surface area contributed by atoms with Crippen LogP contribution in [-0.4, -0.2) is 42.4 Å². The number of amides is 1. The molecular weight excluding hydrogens is 256 g/mol. The second-order valence-electron chi connectivity index (χ2n) is 5.03. The fourth-order valence-electron chi connectivity index (χ4n) is 2.34.